The zero-order valence-electron chi connectivity index (χ0n) is 11.4. The molecule has 2 amide bonds. The van der Waals surface area contributed by atoms with E-state index in [1.165, 1.54) is 4.90 Å². The van der Waals surface area contributed by atoms with E-state index in [4.69, 9.17) is 16.7 Å². The molecule has 0 bridgehead atoms. The summed E-state index contributed by atoms with van der Waals surface area (Å²) in [5, 5.41) is 12.1. The number of halogens is 2. The van der Waals surface area contributed by atoms with Crippen molar-refractivity contribution < 1.29 is 14.7 Å². The van der Waals surface area contributed by atoms with Crippen LogP contribution in [-0.2, 0) is 4.79 Å². The number of hydrogen-bond acceptors (Lipinski definition) is 2. The average Bonchev–Trinajstić information content (AvgIpc) is 2.28. The summed E-state index contributed by atoms with van der Waals surface area (Å²) in [5.41, 5.74) is -0.0829. The minimum absolute atomic E-state index is 0.374. The lowest BCUT2D eigenvalue weighted by Crippen LogP contribution is -2.50. The average molecular weight is 364 g/mol. The lowest BCUT2D eigenvalue weighted by atomic mass is 10.1. The van der Waals surface area contributed by atoms with Gasteiger partial charge in [0.1, 0.15) is 6.54 Å². The van der Waals surface area contributed by atoms with Crippen LogP contribution in [0.15, 0.2) is 22.7 Å². The van der Waals surface area contributed by atoms with Gasteiger partial charge in [0.2, 0.25) is 0 Å². The third-order valence-corrected chi connectivity index (χ3v) is 3.41. The molecule has 0 aliphatic carbocycles. The van der Waals surface area contributed by atoms with Crippen molar-refractivity contribution in [1.29, 1.82) is 0 Å². The SMILES string of the molecule is CC(C)(C)N(CC(=O)O)C(=O)Nc1ccc(Cl)cc1Br. The first kappa shape index (κ1) is 16.8. The number of benzene rings is 1. The fraction of sp³-hybridized carbons (Fsp3) is 0.385. The van der Waals surface area contributed by atoms with Crippen molar-refractivity contribution in [3.63, 3.8) is 0 Å². The third-order valence-electron chi connectivity index (χ3n) is 2.52. The number of rotatable bonds is 3. The van der Waals surface area contributed by atoms with Gasteiger partial charge in [-0.05, 0) is 54.9 Å². The molecule has 2 N–H and O–H groups in total. The molecule has 0 unspecified atom stereocenters. The second-order valence-electron chi connectivity index (χ2n) is 5.21. The van der Waals surface area contributed by atoms with E-state index < -0.39 is 17.5 Å². The Bertz CT molecular complexity index is 529. The maximum atomic E-state index is 12.2. The molecule has 0 saturated carbocycles. The van der Waals surface area contributed by atoms with Gasteiger partial charge in [-0.1, -0.05) is 11.6 Å². The van der Waals surface area contributed by atoms with Gasteiger partial charge >= 0.3 is 12.0 Å². The number of carbonyl (C=O) groups is 2. The monoisotopic (exact) mass is 362 g/mol. The van der Waals surface area contributed by atoms with Crippen LogP contribution >= 0.6 is 27.5 Å². The fourth-order valence-corrected chi connectivity index (χ4v) is 2.30. The minimum Gasteiger partial charge on any atom is -0.480 e. The first-order chi connectivity index (χ1) is 9.11. The van der Waals surface area contributed by atoms with Crippen LogP contribution in [-0.4, -0.2) is 34.1 Å². The predicted octanol–water partition coefficient (Wildman–Crippen LogP) is 3.82. The third kappa shape index (κ3) is 4.68. The van der Waals surface area contributed by atoms with Crippen LogP contribution in [0.25, 0.3) is 0 Å². The van der Waals surface area contributed by atoms with Crippen LogP contribution in [0, 0.1) is 0 Å². The molecule has 0 aromatic heterocycles. The highest BCUT2D eigenvalue weighted by Crippen LogP contribution is 2.26. The number of nitrogens with zero attached hydrogens (tertiary/aromatic N) is 1. The van der Waals surface area contributed by atoms with E-state index in [9.17, 15) is 9.59 Å². The Hall–Kier alpha value is -1.27. The van der Waals surface area contributed by atoms with Crippen molar-refractivity contribution in [3.8, 4) is 0 Å². The van der Waals surface area contributed by atoms with Gasteiger partial charge in [0, 0.05) is 15.0 Å². The zero-order chi connectivity index (χ0) is 15.5. The standard InChI is InChI=1S/C13H16BrClN2O3/c1-13(2,3)17(7-11(18)19)12(20)16-10-5-4-8(15)6-9(10)14/h4-6H,7H2,1-3H3,(H,16,20)(H,18,19). The van der Waals surface area contributed by atoms with Crippen molar-refractivity contribution in [1.82, 2.24) is 4.90 Å². The number of anilines is 1. The molecule has 20 heavy (non-hydrogen) atoms. The molecule has 110 valence electrons. The molecule has 0 aliphatic rings. The molecule has 0 fully saturated rings. The van der Waals surface area contributed by atoms with Crippen molar-refractivity contribution in [3.05, 3.63) is 27.7 Å². The first-order valence-corrected chi connectivity index (χ1v) is 7.04. The van der Waals surface area contributed by atoms with Gasteiger partial charge in [-0.2, -0.15) is 0 Å². The van der Waals surface area contributed by atoms with Gasteiger partial charge in [-0.3, -0.25) is 4.79 Å². The normalized spacial score (nSPS) is 11.1. The summed E-state index contributed by atoms with van der Waals surface area (Å²) < 4.78 is 0.627. The summed E-state index contributed by atoms with van der Waals surface area (Å²) in [6.45, 7) is 4.94. The van der Waals surface area contributed by atoms with E-state index in [2.05, 4.69) is 21.2 Å². The van der Waals surface area contributed by atoms with Crippen molar-refractivity contribution >= 4 is 45.2 Å². The molecule has 0 aliphatic heterocycles. The summed E-state index contributed by atoms with van der Waals surface area (Å²) in [5.74, 6) is -1.06. The molecule has 1 aromatic rings. The molecule has 5 nitrogen and oxygen atoms in total. The Labute approximate surface area is 131 Å². The molecule has 0 saturated heterocycles. The number of urea groups is 1. The highest BCUT2D eigenvalue weighted by molar-refractivity contribution is 9.10. The van der Waals surface area contributed by atoms with E-state index in [0.29, 0.717) is 15.2 Å². The lowest BCUT2D eigenvalue weighted by Gasteiger charge is -2.34. The van der Waals surface area contributed by atoms with E-state index in [0.717, 1.165) is 0 Å². The molecular weight excluding hydrogens is 348 g/mol. The molecule has 0 heterocycles. The Kier molecular flexibility index (Phi) is 5.42. The molecule has 1 aromatic carbocycles. The molecule has 7 heteroatoms. The van der Waals surface area contributed by atoms with E-state index in [1.807, 2.05) is 0 Å². The molecule has 0 spiro atoms. The number of nitrogens with one attached hydrogen (secondary N) is 1. The Morgan fingerprint density at radius 1 is 1.40 bits per heavy atom. The number of amides is 2. The minimum atomic E-state index is -1.06. The van der Waals surface area contributed by atoms with Gasteiger partial charge in [-0.25, -0.2) is 4.79 Å². The number of hydrogen-bond donors (Lipinski definition) is 2. The predicted molar refractivity (Wildman–Crippen MR) is 82.3 cm³/mol. The van der Waals surface area contributed by atoms with Gasteiger partial charge in [0.25, 0.3) is 0 Å². The lowest BCUT2D eigenvalue weighted by molar-refractivity contribution is -0.138. The maximum absolute atomic E-state index is 12.2. The first-order valence-electron chi connectivity index (χ1n) is 5.86. The Balaban J connectivity index is 2.93. The maximum Gasteiger partial charge on any atom is 0.323 e. The van der Waals surface area contributed by atoms with E-state index in [1.54, 1.807) is 39.0 Å². The van der Waals surface area contributed by atoms with Crippen molar-refractivity contribution in [2.24, 2.45) is 0 Å². The van der Waals surface area contributed by atoms with Crippen molar-refractivity contribution in [2.75, 3.05) is 11.9 Å². The summed E-state index contributed by atoms with van der Waals surface area (Å²) in [7, 11) is 0. The fourth-order valence-electron chi connectivity index (χ4n) is 1.52. The van der Waals surface area contributed by atoms with Crippen LogP contribution < -0.4 is 5.32 Å². The van der Waals surface area contributed by atoms with Gasteiger partial charge in [0.05, 0.1) is 5.69 Å². The highest BCUT2D eigenvalue weighted by Gasteiger charge is 2.28. The molecule has 1 rings (SSSR count). The van der Waals surface area contributed by atoms with Crippen LogP contribution in [0.4, 0.5) is 10.5 Å². The molecular formula is C13H16BrClN2O3. The summed E-state index contributed by atoms with van der Waals surface area (Å²) >= 11 is 9.12. The molecule has 0 radical (unpaired) electrons. The number of aliphatic carboxylic acids is 1. The van der Waals surface area contributed by atoms with Crippen LogP contribution in [0.5, 0.6) is 0 Å². The van der Waals surface area contributed by atoms with Crippen LogP contribution in [0.2, 0.25) is 5.02 Å². The Morgan fingerprint density at radius 3 is 2.45 bits per heavy atom. The largest absolute Gasteiger partial charge is 0.480 e. The topological polar surface area (TPSA) is 69.6 Å². The van der Waals surface area contributed by atoms with Crippen LogP contribution in [0.3, 0.4) is 0 Å². The smallest absolute Gasteiger partial charge is 0.323 e. The van der Waals surface area contributed by atoms with E-state index >= 15 is 0 Å². The van der Waals surface area contributed by atoms with E-state index in [-0.39, 0.29) is 6.54 Å². The summed E-state index contributed by atoms with van der Waals surface area (Å²) in [6.07, 6.45) is 0. The second-order valence-corrected chi connectivity index (χ2v) is 6.50. The quantitative estimate of drug-likeness (QED) is 0.857. The number of carbonyl (C=O) groups excluding carboxylic acids is 1. The van der Waals surface area contributed by atoms with Gasteiger partial charge in [0.15, 0.2) is 0 Å². The number of carboxylic acid groups (broad SMARTS) is 1. The van der Waals surface area contributed by atoms with Crippen molar-refractivity contribution in [2.45, 2.75) is 26.3 Å². The van der Waals surface area contributed by atoms with Crippen LogP contribution in [0.1, 0.15) is 20.8 Å². The zero-order valence-corrected chi connectivity index (χ0v) is 13.7. The van der Waals surface area contributed by atoms with Gasteiger partial charge < -0.3 is 15.3 Å². The van der Waals surface area contributed by atoms with Gasteiger partial charge in [-0.15, -0.1) is 0 Å². The Morgan fingerprint density at radius 2 is 2.00 bits per heavy atom. The summed E-state index contributed by atoms with van der Waals surface area (Å²) in [6, 6.07) is 4.45. The molecule has 0 atom stereocenters. The second kappa shape index (κ2) is 6.45. The highest BCUT2D eigenvalue weighted by atomic mass is 79.9. The number of carboxylic acids is 1. The summed E-state index contributed by atoms with van der Waals surface area (Å²) in [4.78, 5) is 24.4.